The highest BCUT2D eigenvalue weighted by atomic mass is 79.9. The van der Waals surface area contributed by atoms with E-state index in [1.807, 2.05) is 13.0 Å². The summed E-state index contributed by atoms with van der Waals surface area (Å²) in [6.45, 7) is 1.83. The van der Waals surface area contributed by atoms with Crippen LogP contribution in [0.1, 0.15) is 5.69 Å². The van der Waals surface area contributed by atoms with Crippen LogP contribution in [0.2, 0.25) is 0 Å². The van der Waals surface area contributed by atoms with Crippen molar-refractivity contribution in [2.45, 2.75) is 11.9 Å². The van der Waals surface area contributed by atoms with Crippen LogP contribution in [0.25, 0.3) is 10.9 Å². The van der Waals surface area contributed by atoms with E-state index in [1.165, 1.54) is 0 Å². The Labute approximate surface area is 98.4 Å². The molecule has 6 heteroatoms. The van der Waals surface area contributed by atoms with Gasteiger partial charge in [0, 0.05) is 21.8 Å². The van der Waals surface area contributed by atoms with Gasteiger partial charge in [-0.1, -0.05) is 5.10 Å². The Kier molecular flexibility index (Phi) is 2.90. The van der Waals surface area contributed by atoms with Crippen LogP contribution in [0.3, 0.4) is 0 Å². The Morgan fingerprint density at radius 1 is 1.40 bits per heavy atom. The third-order valence-electron chi connectivity index (χ3n) is 1.99. The van der Waals surface area contributed by atoms with Crippen LogP contribution in [0.15, 0.2) is 21.8 Å². The number of hydrogen-bond acceptors (Lipinski definition) is 4. The van der Waals surface area contributed by atoms with E-state index in [0.717, 1.165) is 21.1 Å². The monoisotopic (exact) mass is 285 g/mol. The molecule has 0 spiro atoms. The van der Waals surface area contributed by atoms with Crippen molar-refractivity contribution in [3.05, 3.63) is 22.4 Å². The van der Waals surface area contributed by atoms with Crippen LogP contribution in [0, 0.1) is 6.92 Å². The second-order valence-corrected chi connectivity index (χ2v) is 5.31. The molecule has 2 aromatic rings. The lowest BCUT2D eigenvalue weighted by Gasteiger charge is -2.06. The fraction of sp³-hybridized carbons (Fsp3) is 0.222. The molecule has 0 radical (unpaired) electrons. The highest BCUT2D eigenvalue weighted by Crippen LogP contribution is 2.23. The third kappa shape index (κ3) is 1.97. The van der Waals surface area contributed by atoms with E-state index in [4.69, 9.17) is 0 Å². The van der Waals surface area contributed by atoms with E-state index in [9.17, 15) is 4.55 Å². The van der Waals surface area contributed by atoms with Gasteiger partial charge in [0.1, 0.15) is 11.8 Å². The normalized spacial score (nSPS) is 13.1. The van der Waals surface area contributed by atoms with Gasteiger partial charge in [0.15, 0.2) is 0 Å². The van der Waals surface area contributed by atoms with Gasteiger partial charge in [0.25, 0.3) is 5.03 Å². The smallest absolute Gasteiger partial charge is 0.272 e. The van der Waals surface area contributed by atoms with E-state index in [-0.39, 0.29) is 0 Å². The van der Waals surface area contributed by atoms with Gasteiger partial charge in [0.05, 0.1) is 11.1 Å². The maximum absolute atomic E-state index is 11.4. The number of aryl methyl sites for hydroxylation is 1. The van der Waals surface area contributed by atoms with E-state index < -0.39 is 11.2 Å². The largest absolute Gasteiger partial charge is 0.610 e. The van der Waals surface area contributed by atoms with Crippen molar-refractivity contribution in [2.24, 2.45) is 0 Å². The van der Waals surface area contributed by atoms with Crippen LogP contribution < -0.4 is 0 Å². The average Bonchev–Trinajstić information content (AvgIpc) is 2.17. The van der Waals surface area contributed by atoms with Crippen LogP contribution in [0.5, 0.6) is 0 Å². The summed E-state index contributed by atoms with van der Waals surface area (Å²) < 4.78 is 12.3. The van der Waals surface area contributed by atoms with E-state index >= 15 is 0 Å². The van der Waals surface area contributed by atoms with Crippen molar-refractivity contribution in [3.8, 4) is 0 Å². The first kappa shape index (κ1) is 10.8. The summed E-state index contributed by atoms with van der Waals surface area (Å²) in [6.07, 6.45) is 3.28. The predicted octanol–water partition coefficient (Wildman–Crippen LogP) is 1.83. The summed E-state index contributed by atoms with van der Waals surface area (Å²) in [4.78, 5) is 4.24. The number of aromatic nitrogens is 3. The minimum absolute atomic E-state index is 0.476. The highest BCUT2D eigenvalue weighted by Gasteiger charge is 2.15. The molecule has 15 heavy (non-hydrogen) atoms. The minimum atomic E-state index is -1.15. The van der Waals surface area contributed by atoms with Crippen molar-refractivity contribution >= 4 is 38.0 Å². The number of nitrogens with zero attached hydrogens (tertiary/aromatic N) is 3. The van der Waals surface area contributed by atoms with E-state index in [0.29, 0.717) is 5.03 Å². The SMILES string of the molecule is Cc1nnc([S+](C)[O-])c2cc(Br)cnc12. The number of halogens is 1. The Morgan fingerprint density at radius 3 is 2.80 bits per heavy atom. The van der Waals surface area contributed by atoms with Gasteiger partial charge in [0.2, 0.25) is 0 Å². The highest BCUT2D eigenvalue weighted by molar-refractivity contribution is 9.10. The molecule has 0 aliphatic carbocycles. The first-order valence-corrected chi connectivity index (χ1v) is 6.56. The number of hydrogen-bond donors (Lipinski definition) is 0. The van der Waals surface area contributed by atoms with Gasteiger partial charge in [-0.3, -0.25) is 4.98 Å². The predicted molar refractivity (Wildman–Crippen MR) is 62.1 cm³/mol. The first-order chi connectivity index (χ1) is 7.09. The van der Waals surface area contributed by atoms with Crippen LogP contribution >= 0.6 is 15.9 Å². The second kappa shape index (κ2) is 4.03. The molecule has 0 aliphatic heterocycles. The molecule has 2 aromatic heterocycles. The molecule has 0 saturated heterocycles. The molecule has 2 heterocycles. The molecule has 2 rings (SSSR count). The molecule has 78 valence electrons. The zero-order chi connectivity index (χ0) is 11.0. The fourth-order valence-electron chi connectivity index (χ4n) is 1.32. The molecule has 1 atom stereocenters. The zero-order valence-corrected chi connectivity index (χ0v) is 10.6. The van der Waals surface area contributed by atoms with Gasteiger partial charge >= 0.3 is 0 Å². The quantitative estimate of drug-likeness (QED) is 0.750. The average molecular weight is 286 g/mol. The number of fused-ring (bicyclic) bond motifs is 1. The molecule has 0 saturated carbocycles. The van der Waals surface area contributed by atoms with Crippen LogP contribution in [0.4, 0.5) is 0 Å². The number of pyridine rings is 1. The number of rotatable bonds is 1. The molecule has 0 bridgehead atoms. The van der Waals surface area contributed by atoms with Gasteiger partial charge in [-0.25, -0.2) is 0 Å². The molecule has 4 nitrogen and oxygen atoms in total. The molecule has 0 aliphatic rings. The van der Waals surface area contributed by atoms with E-state index in [2.05, 4.69) is 31.1 Å². The lowest BCUT2D eigenvalue weighted by molar-refractivity contribution is 0.596. The van der Waals surface area contributed by atoms with Crippen molar-refractivity contribution in [1.29, 1.82) is 0 Å². The van der Waals surface area contributed by atoms with Gasteiger partial charge < -0.3 is 4.55 Å². The summed E-state index contributed by atoms with van der Waals surface area (Å²) in [5.41, 5.74) is 1.49. The summed E-state index contributed by atoms with van der Waals surface area (Å²) in [5.74, 6) is 0. The molecular formula is C9H8BrN3OS. The van der Waals surface area contributed by atoms with Gasteiger partial charge in [-0.05, 0) is 28.9 Å². The second-order valence-electron chi connectivity index (χ2n) is 3.09. The lowest BCUT2D eigenvalue weighted by Crippen LogP contribution is -2.05. The third-order valence-corrected chi connectivity index (χ3v) is 3.27. The minimum Gasteiger partial charge on any atom is -0.610 e. The Bertz CT molecular complexity index is 518. The molecule has 0 amide bonds. The summed E-state index contributed by atoms with van der Waals surface area (Å²) >= 11 is 2.18. The molecule has 0 N–H and O–H groups in total. The van der Waals surface area contributed by atoms with Gasteiger partial charge in [-0.15, -0.1) is 5.10 Å². The van der Waals surface area contributed by atoms with Crippen molar-refractivity contribution < 1.29 is 4.55 Å². The fourth-order valence-corrected chi connectivity index (χ4v) is 2.28. The molecule has 0 aromatic carbocycles. The van der Waals surface area contributed by atoms with Crippen LogP contribution in [-0.2, 0) is 11.2 Å². The Morgan fingerprint density at radius 2 is 2.13 bits per heavy atom. The summed E-state index contributed by atoms with van der Waals surface area (Å²) in [5, 5.41) is 9.14. The van der Waals surface area contributed by atoms with Crippen molar-refractivity contribution in [1.82, 2.24) is 15.2 Å². The van der Waals surface area contributed by atoms with Crippen molar-refractivity contribution in [3.63, 3.8) is 0 Å². The maximum Gasteiger partial charge on any atom is 0.272 e. The van der Waals surface area contributed by atoms with Crippen LogP contribution in [-0.4, -0.2) is 26.0 Å². The van der Waals surface area contributed by atoms with Gasteiger partial charge in [-0.2, -0.15) is 0 Å². The first-order valence-electron chi connectivity index (χ1n) is 4.21. The standard InChI is InChI=1S/C9H8BrN3OS/c1-5-8-7(3-6(10)4-11-8)9(13-12-5)15(2)14/h3-4H,1-2H3. The molecule has 1 unspecified atom stereocenters. The Hall–Kier alpha value is -0.720. The van der Waals surface area contributed by atoms with E-state index in [1.54, 1.807) is 12.5 Å². The molecular weight excluding hydrogens is 278 g/mol. The summed E-state index contributed by atoms with van der Waals surface area (Å²) in [7, 11) is 0. The maximum atomic E-state index is 11.4. The van der Waals surface area contributed by atoms with Crippen molar-refractivity contribution in [2.75, 3.05) is 6.26 Å². The Balaban J connectivity index is 2.84. The zero-order valence-electron chi connectivity index (χ0n) is 8.19. The molecule has 0 fully saturated rings. The summed E-state index contributed by atoms with van der Waals surface area (Å²) in [6, 6.07) is 1.86. The topological polar surface area (TPSA) is 61.7 Å². The lowest BCUT2D eigenvalue weighted by atomic mass is 10.2.